The number of hydrazone groups is 1. The maximum absolute atomic E-state index is 11.7. The van der Waals surface area contributed by atoms with Crippen LogP contribution in [0, 0.1) is 0 Å². The fraction of sp³-hybridized carbons (Fsp3) is 0.400. The number of rotatable bonds is 3. The van der Waals surface area contributed by atoms with Gasteiger partial charge in [0.1, 0.15) is 6.54 Å². The standard InChI is InChI=1S/C10H14N4O3/c11-7-1-2-9-12-14(4-8(16)6-15)10(17)5-13(9)3-7/h1-3,8,15-16H,4-6,11H2. The number of nitrogens with zero attached hydrogens (tertiary/aromatic N) is 3. The third-order valence-corrected chi connectivity index (χ3v) is 2.44. The number of nitrogens with two attached hydrogens (primary N) is 1. The zero-order chi connectivity index (χ0) is 12.4. The fourth-order valence-electron chi connectivity index (χ4n) is 1.58. The molecular weight excluding hydrogens is 224 g/mol. The highest BCUT2D eigenvalue weighted by molar-refractivity contribution is 6.00. The van der Waals surface area contributed by atoms with Crippen LogP contribution in [0.3, 0.4) is 0 Å². The van der Waals surface area contributed by atoms with Gasteiger partial charge in [-0.1, -0.05) is 0 Å². The largest absolute Gasteiger partial charge is 0.398 e. The number of hydrogen-bond donors (Lipinski definition) is 3. The smallest absolute Gasteiger partial charge is 0.262 e. The van der Waals surface area contributed by atoms with Crippen molar-refractivity contribution in [2.24, 2.45) is 10.8 Å². The molecule has 0 radical (unpaired) electrons. The molecule has 2 heterocycles. The van der Waals surface area contributed by atoms with Gasteiger partial charge in [0, 0.05) is 11.9 Å². The van der Waals surface area contributed by atoms with Gasteiger partial charge in [0.25, 0.3) is 5.91 Å². The van der Waals surface area contributed by atoms with Gasteiger partial charge in [-0.05, 0) is 12.2 Å². The van der Waals surface area contributed by atoms with Crippen LogP contribution in [0.1, 0.15) is 0 Å². The topological polar surface area (TPSA) is 102 Å². The van der Waals surface area contributed by atoms with Gasteiger partial charge >= 0.3 is 0 Å². The number of amidine groups is 1. The van der Waals surface area contributed by atoms with E-state index in [2.05, 4.69) is 5.10 Å². The van der Waals surface area contributed by atoms with E-state index in [0.29, 0.717) is 11.5 Å². The SMILES string of the molecule is NC1=CN2CC(=O)N(CC(O)CO)N=C2C=C1. The number of allylic oxidation sites excluding steroid dienone is 1. The number of β-amino-alcohol motifs (C(OH)–C–C–N with tert-alkyl or cyclic N) is 1. The van der Waals surface area contributed by atoms with Crippen LogP contribution in [0.25, 0.3) is 0 Å². The third-order valence-electron chi connectivity index (χ3n) is 2.44. The Hall–Kier alpha value is -1.86. The second-order valence-electron chi connectivity index (χ2n) is 3.86. The summed E-state index contributed by atoms with van der Waals surface area (Å²) < 4.78 is 0. The number of aliphatic hydroxyl groups excluding tert-OH is 2. The monoisotopic (exact) mass is 238 g/mol. The molecule has 4 N–H and O–H groups in total. The second-order valence-corrected chi connectivity index (χ2v) is 3.86. The van der Waals surface area contributed by atoms with Crippen LogP contribution in [-0.4, -0.2) is 57.7 Å². The van der Waals surface area contributed by atoms with Crippen LogP contribution >= 0.6 is 0 Å². The zero-order valence-electron chi connectivity index (χ0n) is 9.15. The molecule has 92 valence electrons. The highest BCUT2D eigenvalue weighted by atomic mass is 16.3. The van der Waals surface area contributed by atoms with Crippen LogP contribution in [0.2, 0.25) is 0 Å². The summed E-state index contributed by atoms with van der Waals surface area (Å²) in [5.41, 5.74) is 6.16. The number of fused-ring (bicyclic) bond motifs is 1. The lowest BCUT2D eigenvalue weighted by Gasteiger charge is -2.32. The predicted octanol–water partition coefficient (Wildman–Crippen LogP) is -1.83. The van der Waals surface area contributed by atoms with E-state index in [1.54, 1.807) is 23.3 Å². The Kier molecular flexibility index (Phi) is 3.12. The van der Waals surface area contributed by atoms with E-state index in [0.717, 1.165) is 5.01 Å². The minimum Gasteiger partial charge on any atom is -0.398 e. The minimum atomic E-state index is -0.983. The number of aliphatic hydroxyl groups is 2. The summed E-state index contributed by atoms with van der Waals surface area (Å²) in [5.74, 6) is 0.338. The van der Waals surface area contributed by atoms with Crippen LogP contribution in [0.4, 0.5) is 0 Å². The fourth-order valence-corrected chi connectivity index (χ4v) is 1.58. The molecule has 7 heteroatoms. The van der Waals surface area contributed by atoms with Crippen molar-refractivity contribution in [3.05, 3.63) is 24.0 Å². The first-order valence-corrected chi connectivity index (χ1v) is 5.20. The molecule has 17 heavy (non-hydrogen) atoms. The van der Waals surface area contributed by atoms with Gasteiger partial charge in [-0.15, -0.1) is 0 Å². The van der Waals surface area contributed by atoms with Crippen molar-refractivity contribution in [3.63, 3.8) is 0 Å². The lowest BCUT2D eigenvalue weighted by atomic mass is 10.2. The molecular formula is C10H14N4O3. The van der Waals surface area contributed by atoms with E-state index in [9.17, 15) is 9.90 Å². The summed E-state index contributed by atoms with van der Waals surface area (Å²) >= 11 is 0. The van der Waals surface area contributed by atoms with Gasteiger partial charge < -0.3 is 20.8 Å². The molecule has 0 spiro atoms. The molecule has 0 aromatic heterocycles. The van der Waals surface area contributed by atoms with Gasteiger partial charge in [0.2, 0.25) is 0 Å². The molecule has 1 atom stereocenters. The second kappa shape index (κ2) is 4.56. The first-order valence-electron chi connectivity index (χ1n) is 5.20. The molecule has 0 aromatic carbocycles. The summed E-state index contributed by atoms with van der Waals surface area (Å²) in [6.07, 6.45) is 4.03. The number of amides is 1. The third kappa shape index (κ3) is 2.45. The van der Waals surface area contributed by atoms with Crippen LogP contribution in [0.5, 0.6) is 0 Å². The normalized spacial score (nSPS) is 20.9. The van der Waals surface area contributed by atoms with E-state index in [-0.39, 0.29) is 19.0 Å². The quantitative estimate of drug-likeness (QED) is 0.536. The number of carbonyl (C=O) groups is 1. The zero-order valence-corrected chi connectivity index (χ0v) is 9.15. The molecule has 0 aromatic rings. The summed E-state index contributed by atoms with van der Waals surface area (Å²) in [4.78, 5) is 13.3. The van der Waals surface area contributed by atoms with Crippen molar-refractivity contribution >= 4 is 11.7 Å². The number of carbonyl (C=O) groups excluding carboxylic acids is 1. The molecule has 7 nitrogen and oxygen atoms in total. The Balaban J connectivity index is 2.15. The molecule has 0 aliphatic carbocycles. The van der Waals surface area contributed by atoms with E-state index >= 15 is 0 Å². The van der Waals surface area contributed by atoms with Crippen molar-refractivity contribution in [1.82, 2.24) is 9.91 Å². The molecule has 0 bridgehead atoms. The maximum Gasteiger partial charge on any atom is 0.262 e. The molecule has 1 unspecified atom stereocenters. The van der Waals surface area contributed by atoms with Crippen molar-refractivity contribution in [2.45, 2.75) is 6.10 Å². The predicted molar refractivity (Wildman–Crippen MR) is 60.4 cm³/mol. The van der Waals surface area contributed by atoms with Crippen LogP contribution < -0.4 is 5.73 Å². The van der Waals surface area contributed by atoms with Crippen LogP contribution in [0.15, 0.2) is 29.2 Å². The Morgan fingerprint density at radius 1 is 1.53 bits per heavy atom. The molecule has 0 saturated heterocycles. The molecule has 0 saturated carbocycles. The summed E-state index contributed by atoms with van der Waals surface area (Å²) in [5, 5.41) is 23.3. The van der Waals surface area contributed by atoms with Crippen molar-refractivity contribution in [3.8, 4) is 0 Å². The Labute approximate surface area is 98.1 Å². The lowest BCUT2D eigenvalue weighted by molar-refractivity contribution is -0.134. The van der Waals surface area contributed by atoms with Crippen molar-refractivity contribution < 1.29 is 15.0 Å². The Morgan fingerprint density at radius 3 is 3.00 bits per heavy atom. The first kappa shape index (κ1) is 11.6. The number of hydrogen-bond acceptors (Lipinski definition) is 6. The van der Waals surface area contributed by atoms with Gasteiger partial charge in [0.05, 0.1) is 19.3 Å². The minimum absolute atomic E-state index is 0.0142. The summed E-state index contributed by atoms with van der Waals surface area (Å²) in [7, 11) is 0. The van der Waals surface area contributed by atoms with Crippen molar-refractivity contribution in [1.29, 1.82) is 0 Å². The summed E-state index contributed by atoms with van der Waals surface area (Å²) in [6.45, 7) is -0.289. The summed E-state index contributed by atoms with van der Waals surface area (Å²) in [6, 6.07) is 0. The molecule has 2 rings (SSSR count). The van der Waals surface area contributed by atoms with E-state index in [4.69, 9.17) is 10.8 Å². The van der Waals surface area contributed by atoms with Gasteiger partial charge in [-0.25, -0.2) is 5.01 Å². The lowest BCUT2D eigenvalue weighted by Crippen LogP contribution is -2.47. The van der Waals surface area contributed by atoms with Gasteiger partial charge in [-0.2, -0.15) is 5.10 Å². The van der Waals surface area contributed by atoms with Gasteiger partial charge in [-0.3, -0.25) is 4.79 Å². The molecule has 2 aliphatic rings. The average molecular weight is 238 g/mol. The Bertz CT molecular complexity index is 416. The van der Waals surface area contributed by atoms with E-state index in [1.165, 1.54) is 0 Å². The Morgan fingerprint density at radius 2 is 2.29 bits per heavy atom. The van der Waals surface area contributed by atoms with E-state index < -0.39 is 12.7 Å². The highest BCUT2D eigenvalue weighted by Gasteiger charge is 2.27. The van der Waals surface area contributed by atoms with Crippen LogP contribution in [-0.2, 0) is 4.79 Å². The average Bonchev–Trinajstić information content (AvgIpc) is 2.30. The highest BCUT2D eigenvalue weighted by Crippen LogP contribution is 2.13. The maximum atomic E-state index is 11.7. The van der Waals surface area contributed by atoms with Crippen molar-refractivity contribution in [2.75, 3.05) is 19.7 Å². The molecule has 1 amide bonds. The molecule has 2 aliphatic heterocycles. The van der Waals surface area contributed by atoms with E-state index in [1.807, 2.05) is 0 Å². The molecule has 0 fully saturated rings. The first-order chi connectivity index (χ1) is 8.10. The van der Waals surface area contributed by atoms with Gasteiger partial charge in [0.15, 0.2) is 5.84 Å².